The molecule has 0 radical (unpaired) electrons. The van der Waals surface area contributed by atoms with Gasteiger partial charge in [0.15, 0.2) is 11.3 Å². The van der Waals surface area contributed by atoms with Crippen molar-refractivity contribution in [2.75, 3.05) is 0 Å². The molecule has 4 aromatic rings. The van der Waals surface area contributed by atoms with E-state index in [1.807, 2.05) is 12.3 Å². The van der Waals surface area contributed by atoms with Crippen LogP contribution in [0.15, 0.2) is 36.8 Å². The van der Waals surface area contributed by atoms with Gasteiger partial charge in [0.05, 0.1) is 17.3 Å². The van der Waals surface area contributed by atoms with Gasteiger partial charge in [-0.3, -0.25) is 4.40 Å². The highest BCUT2D eigenvalue weighted by atomic mass is 16.5. The molecule has 0 aliphatic heterocycles. The van der Waals surface area contributed by atoms with Crippen LogP contribution in [0.1, 0.15) is 43.5 Å². The highest BCUT2D eigenvalue weighted by Gasteiger charge is 2.38. The number of H-pyrrole nitrogens is 1. The van der Waals surface area contributed by atoms with E-state index in [1.54, 1.807) is 24.5 Å². The number of hydrogen-bond acceptors (Lipinski definition) is 6. The third-order valence-corrected chi connectivity index (χ3v) is 5.63. The molecule has 4 aromatic heterocycles. The van der Waals surface area contributed by atoms with Crippen molar-refractivity contribution in [3.8, 4) is 11.9 Å². The van der Waals surface area contributed by atoms with Crippen molar-refractivity contribution in [2.24, 2.45) is 5.92 Å². The maximum atomic E-state index is 8.91. The topological polar surface area (TPSA) is 105 Å². The number of nitrogens with zero attached hydrogens (tertiary/aromatic N) is 6. The van der Waals surface area contributed by atoms with E-state index in [2.05, 4.69) is 42.5 Å². The number of nitriles is 1. The number of ether oxygens (including phenoxy) is 1. The maximum absolute atomic E-state index is 8.91. The van der Waals surface area contributed by atoms with Crippen LogP contribution < -0.4 is 4.74 Å². The second-order valence-electron chi connectivity index (χ2n) is 7.20. The molecule has 0 saturated heterocycles. The fraction of sp³-hybridized carbons (Fsp3) is 0.350. The van der Waals surface area contributed by atoms with Gasteiger partial charge < -0.3 is 9.72 Å². The van der Waals surface area contributed by atoms with Crippen LogP contribution in [0.25, 0.3) is 16.8 Å². The monoisotopic (exact) mass is 373 g/mol. The zero-order valence-corrected chi connectivity index (χ0v) is 15.4. The van der Waals surface area contributed by atoms with Crippen LogP contribution in [0.5, 0.6) is 5.88 Å². The van der Waals surface area contributed by atoms with Gasteiger partial charge in [-0.1, -0.05) is 13.3 Å². The molecule has 5 rings (SSSR count). The molecule has 0 spiro atoms. The van der Waals surface area contributed by atoms with E-state index in [4.69, 9.17) is 10.00 Å². The Morgan fingerprint density at radius 2 is 2.14 bits per heavy atom. The minimum absolute atomic E-state index is 0.0614. The van der Waals surface area contributed by atoms with Crippen molar-refractivity contribution in [1.29, 1.82) is 5.26 Å². The van der Waals surface area contributed by atoms with Crippen LogP contribution in [0.4, 0.5) is 0 Å². The summed E-state index contributed by atoms with van der Waals surface area (Å²) in [6.07, 6.45) is 8.08. The van der Waals surface area contributed by atoms with Gasteiger partial charge in [0, 0.05) is 24.4 Å². The molecule has 8 nitrogen and oxygen atoms in total. The van der Waals surface area contributed by atoms with Gasteiger partial charge in [-0.25, -0.2) is 9.97 Å². The van der Waals surface area contributed by atoms with Gasteiger partial charge in [-0.2, -0.15) is 5.26 Å². The highest BCUT2D eigenvalue weighted by Crippen LogP contribution is 2.42. The molecule has 3 atom stereocenters. The molecule has 1 unspecified atom stereocenters. The Kier molecular flexibility index (Phi) is 3.93. The Morgan fingerprint density at radius 1 is 1.21 bits per heavy atom. The average Bonchev–Trinajstić information content (AvgIpc) is 3.45. The number of hydrogen-bond donors (Lipinski definition) is 1. The molecule has 1 aliphatic carbocycles. The third-order valence-electron chi connectivity index (χ3n) is 5.63. The normalized spacial score (nSPS) is 21.9. The lowest BCUT2D eigenvalue weighted by Gasteiger charge is -2.15. The molecule has 1 aliphatic rings. The summed E-state index contributed by atoms with van der Waals surface area (Å²) in [7, 11) is 0. The summed E-state index contributed by atoms with van der Waals surface area (Å²) < 4.78 is 8.23. The van der Waals surface area contributed by atoms with Crippen LogP contribution in [0.2, 0.25) is 0 Å². The summed E-state index contributed by atoms with van der Waals surface area (Å²) in [6, 6.07) is 7.57. The predicted molar refractivity (Wildman–Crippen MR) is 102 cm³/mol. The van der Waals surface area contributed by atoms with E-state index in [-0.39, 0.29) is 12.0 Å². The van der Waals surface area contributed by atoms with E-state index in [1.165, 1.54) is 0 Å². The molecule has 0 aromatic carbocycles. The minimum atomic E-state index is 0.0614. The van der Waals surface area contributed by atoms with Crippen LogP contribution in [0, 0.1) is 17.2 Å². The maximum Gasteiger partial charge on any atom is 0.213 e. The first kappa shape index (κ1) is 16.7. The van der Waals surface area contributed by atoms with Crippen molar-refractivity contribution in [3.05, 3.63) is 48.2 Å². The first-order valence-electron chi connectivity index (χ1n) is 9.46. The third kappa shape index (κ3) is 2.67. The van der Waals surface area contributed by atoms with Gasteiger partial charge in [0.25, 0.3) is 0 Å². The zero-order chi connectivity index (χ0) is 19.1. The number of nitrogens with one attached hydrogen (secondary N) is 1. The first-order chi connectivity index (χ1) is 13.8. The van der Waals surface area contributed by atoms with Crippen molar-refractivity contribution < 1.29 is 4.74 Å². The van der Waals surface area contributed by atoms with Gasteiger partial charge in [0.1, 0.15) is 18.0 Å². The molecule has 0 amide bonds. The van der Waals surface area contributed by atoms with Crippen molar-refractivity contribution in [3.63, 3.8) is 0 Å². The summed E-state index contributed by atoms with van der Waals surface area (Å²) in [5, 5.41) is 17.8. The van der Waals surface area contributed by atoms with E-state index in [0.29, 0.717) is 17.4 Å². The summed E-state index contributed by atoms with van der Waals surface area (Å²) in [4.78, 5) is 11.8. The lowest BCUT2D eigenvalue weighted by molar-refractivity contribution is 0.195. The number of pyridine rings is 1. The van der Waals surface area contributed by atoms with Crippen LogP contribution in [0.3, 0.4) is 0 Å². The van der Waals surface area contributed by atoms with Crippen molar-refractivity contribution >= 4 is 16.8 Å². The molecule has 1 fully saturated rings. The van der Waals surface area contributed by atoms with Crippen LogP contribution >= 0.6 is 0 Å². The van der Waals surface area contributed by atoms with E-state index in [9.17, 15) is 0 Å². The van der Waals surface area contributed by atoms with Gasteiger partial charge in [-0.15, -0.1) is 10.2 Å². The second-order valence-corrected chi connectivity index (χ2v) is 7.20. The van der Waals surface area contributed by atoms with Crippen molar-refractivity contribution in [2.45, 2.75) is 38.2 Å². The molecule has 1 N–H and O–H groups in total. The van der Waals surface area contributed by atoms with E-state index in [0.717, 1.165) is 41.9 Å². The standard InChI is InChI=1S/C20H19N7O/c1-2-13-7-14(28-18-4-3-12(9-21)10-23-18)8-15(13)20-26-25-17-11-24-19-16(27(17)20)5-6-22-19/h3-6,10-11,13-15,22H,2,7-8H2,1H3/t13-,14-,15?/m0/s1. The Labute approximate surface area is 161 Å². The number of rotatable bonds is 4. The fourth-order valence-corrected chi connectivity index (χ4v) is 4.26. The molecule has 1 saturated carbocycles. The fourth-order valence-electron chi connectivity index (χ4n) is 4.26. The zero-order valence-electron chi connectivity index (χ0n) is 15.4. The number of aromatic amines is 1. The quantitative estimate of drug-likeness (QED) is 0.589. The summed E-state index contributed by atoms with van der Waals surface area (Å²) in [5.74, 6) is 2.23. The number of aromatic nitrogens is 6. The average molecular weight is 373 g/mol. The molecule has 28 heavy (non-hydrogen) atoms. The van der Waals surface area contributed by atoms with E-state index < -0.39 is 0 Å². The lowest BCUT2D eigenvalue weighted by atomic mass is 9.93. The first-order valence-corrected chi connectivity index (χ1v) is 9.46. The summed E-state index contributed by atoms with van der Waals surface area (Å²) in [6.45, 7) is 2.21. The van der Waals surface area contributed by atoms with Crippen LogP contribution in [-0.2, 0) is 0 Å². The summed E-state index contributed by atoms with van der Waals surface area (Å²) in [5.41, 5.74) is 3.11. The highest BCUT2D eigenvalue weighted by molar-refractivity contribution is 5.74. The van der Waals surface area contributed by atoms with Crippen LogP contribution in [-0.4, -0.2) is 35.7 Å². The van der Waals surface area contributed by atoms with Gasteiger partial charge in [0.2, 0.25) is 5.88 Å². The Balaban J connectivity index is 1.46. The molecule has 0 bridgehead atoms. The smallest absolute Gasteiger partial charge is 0.213 e. The Bertz CT molecular complexity index is 1170. The van der Waals surface area contributed by atoms with Gasteiger partial charge in [-0.05, 0) is 30.9 Å². The SMILES string of the molecule is CC[C@H]1C[C@H](Oc2ccc(C#N)cn2)CC1c1nnc2cnc3[nH]ccc3n12. The number of fused-ring (bicyclic) bond motifs is 3. The summed E-state index contributed by atoms with van der Waals surface area (Å²) >= 11 is 0. The van der Waals surface area contributed by atoms with Gasteiger partial charge >= 0.3 is 0 Å². The molecule has 140 valence electrons. The molecular formula is C20H19N7O. The Morgan fingerprint density at radius 3 is 2.93 bits per heavy atom. The molecular weight excluding hydrogens is 354 g/mol. The second kappa shape index (κ2) is 6.60. The molecule has 4 heterocycles. The molecule has 8 heteroatoms. The van der Waals surface area contributed by atoms with E-state index >= 15 is 0 Å². The largest absolute Gasteiger partial charge is 0.474 e. The minimum Gasteiger partial charge on any atom is -0.474 e. The lowest BCUT2D eigenvalue weighted by Crippen LogP contribution is -2.13. The predicted octanol–water partition coefficient (Wildman–Crippen LogP) is 3.22. The Hall–Kier alpha value is -3.47. The van der Waals surface area contributed by atoms with Crippen molar-refractivity contribution in [1.82, 2.24) is 29.5 Å².